The Bertz CT molecular complexity index is 671. The van der Waals surface area contributed by atoms with Crippen molar-refractivity contribution in [2.45, 2.75) is 32.8 Å². The van der Waals surface area contributed by atoms with Gasteiger partial charge in [0.1, 0.15) is 5.01 Å². The standard InChI is InChI=1S/C19H24N2O2S/c1-3-23-17-9-10-21(12-14(17)2)18(22)11-16-13-24-19(20-16)15-7-5-4-6-8-15/h4-8,13-14,17H,3,9-12H2,1-2H3/t14-,17+/m0/s1. The van der Waals surface area contributed by atoms with E-state index >= 15 is 0 Å². The van der Waals surface area contributed by atoms with Gasteiger partial charge in [0, 0.05) is 30.6 Å². The summed E-state index contributed by atoms with van der Waals surface area (Å²) in [4.78, 5) is 19.2. The molecule has 128 valence electrons. The van der Waals surface area contributed by atoms with Crippen LogP contribution >= 0.6 is 11.3 Å². The fourth-order valence-corrected chi connectivity index (χ4v) is 4.01. The first-order chi connectivity index (χ1) is 11.7. The van der Waals surface area contributed by atoms with E-state index in [9.17, 15) is 4.79 Å². The third-order valence-electron chi connectivity index (χ3n) is 4.46. The zero-order valence-electron chi connectivity index (χ0n) is 14.3. The van der Waals surface area contributed by atoms with Gasteiger partial charge in [-0.1, -0.05) is 37.3 Å². The van der Waals surface area contributed by atoms with Gasteiger partial charge >= 0.3 is 0 Å². The quantitative estimate of drug-likeness (QED) is 0.832. The number of rotatable bonds is 5. The van der Waals surface area contributed by atoms with Gasteiger partial charge < -0.3 is 9.64 Å². The number of amides is 1. The van der Waals surface area contributed by atoms with E-state index in [0.717, 1.165) is 42.4 Å². The van der Waals surface area contributed by atoms with E-state index in [4.69, 9.17) is 4.74 Å². The average molecular weight is 344 g/mol. The average Bonchev–Trinajstić information content (AvgIpc) is 3.06. The molecule has 2 heterocycles. The lowest BCUT2D eigenvalue weighted by molar-refractivity contribution is -0.135. The van der Waals surface area contributed by atoms with Crippen molar-refractivity contribution in [1.29, 1.82) is 0 Å². The number of hydrogen-bond acceptors (Lipinski definition) is 4. The maximum Gasteiger partial charge on any atom is 0.228 e. The second-order valence-corrected chi connectivity index (χ2v) is 7.14. The van der Waals surface area contributed by atoms with Crippen molar-refractivity contribution in [3.8, 4) is 10.6 Å². The van der Waals surface area contributed by atoms with Crippen molar-refractivity contribution in [2.75, 3.05) is 19.7 Å². The van der Waals surface area contributed by atoms with Gasteiger partial charge in [-0.3, -0.25) is 4.79 Å². The highest BCUT2D eigenvalue weighted by atomic mass is 32.1. The first-order valence-electron chi connectivity index (χ1n) is 8.56. The number of aromatic nitrogens is 1. The van der Waals surface area contributed by atoms with Crippen LogP contribution in [0.1, 0.15) is 26.0 Å². The molecular formula is C19H24N2O2S. The fourth-order valence-electron chi connectivity index (χ4n) is 3.18. The van der Waals surface area contributed by atoms with Gasteiger partial charge in [0.2, 0.25) is 5.91 Å². The molecule has 0 spiro atoms. The SMILES string of the molecule is CCO[C@@H]1CCN(C(=O)Cc2csc(-c3ccccc3)n2)C[C@@H]1C. The molecule has 1 fully saturated rings. The highest BCUT2D eigenvalue weighted by Gasteiger charge is 2.29. The maximum atomic E-state index is 12.6. The summed E-state index contributed by atoms with van der Waals surface area (Å²) in [6, 6.07) is 10.1. The molecule has 3 rings (SSSR count). The third-order valence-corrected chi connectivity index (χ3v) is 5.41. The minimum atomic E-state index is 0.168. The smallest absolute Gasteiger partial charge is 0.228 e. The molecule has 4 nitrogen and oxygen atoms in total. The first-order valence-corrected chi connectivity index (χ1v) is 9.44. The van der Waals surface area contributed by atoms with E-state index in [2.05, 4.69) is 11.9 Å². The van der Waals surface area contributed by atoms with Crippen LogP contribution in [0.25, 0.3) is 10.6 Å². The number of carbonyl (C=O) groups is 1. The van der Waals surface area contributed by atoms with Gasteiger partial charge in [-0.25, -0.2) is 4.98 Å². The Labute approximate surface area is 147 Å². The van der Waals surface area contributed by atoms with Gasteiger partial charge in [0.05, 0.1) is 18.2 Å². The Hall–Kier alpha value is -1.72. The summed E-state index contributed by atoms with van der Waals surface area (Å²) >= 11 is 1.60. The summed E-state index contributed by atoms with van der Waals surface area (Å²) in [6.45, 7) is 6.49. The Kier molecular flexibility index (Phi) is 5.63. The number of thiazole rings is 1. The molecule has 0 radical (unpaired) electrons. The summed E-state index contributed by atoms with van der Waals surface area (Å²) in [7, 11) is 0. The van der Waals surface area contributed by atoms with Gasteiger partial charge in [-0.05, 0) is 19.3 Å². The monoisotopic (exact) mass is 344 g/mol. The Morgan fingerprint density at radius 1 is 1.38 bits per heavy atom. The molecule has 1 aromatic heterocycles. The zero-order chi connectivity index (χ0) is 16.9. The van der Waals surface area contributed by atoms with Crippen LogP contribution in [0.3, 0.4) is 0 Å². The van der Waals surface area contributed by atoms with E-state index in [-0.39, 0.29) is 12.0 Å². The summed E-state index contributed by atoms with van der Waals surface area (Å²) in [6.07, 6.45) is 1.59. The number of ether oxygens (including phenoxy) is 1. The largest absolute Gasteiger partial charge is 0.378 e. The highest BCUT2D eigenvalue weighted by Crippen LogP contribution is 2.24. The van der Waals surface area contributed by atoms with Gasteiger partial charge in [-0.15, -0.1) is 11.3 Å². The molecule has 1 amide bonds. The van der Waals surface area contributed by atoms with Crippen molar-refractivity contribution >= 4 is 17.2 Å². The van der Waals surface area contributed by atoms with Crippen LogP contribution in [0.15, 0.2) is 35.7 Å². The van der Waals surface area contributed by atoms with E-state index in [1.165, 1.54) is 0 Å². The predicted octanol–water partition coefficient (Wildman–Crippen LogP) is 3.63. The molecule has 1 aromatic carbocycles. The summed E-state index contributed by atoms with van der Waals surface area (Å²) < 4.78 is 5.75. The molecule has 1 aliphatic heterocycles. The molecule has 5 heteroatoms. The maximum absolute atomic E-state index is 12.6. The van der Waals surface area contributed by atoms with E-state index in [1.54, 1.807) is 11.3 Å². The van der Waals surface area contributed by atoms with Crippen LogP contribution in [0, 0.1) is 5.92 Å². The van der Waals surface area contributed by atoms with Crippen LogP contribution in [-0.2, 0) is 16.0 Å². The molecule has 0 saturated carbocycles. The number of carbonyl (C=O) groups excluding carboxylic acids is 1. The molecule has 2 aromatic rings. The number of benzene rings is 1. The molecule has 0 N–H and O–H groups in total. The first kappa shape index (κ1) is 17.1. The highest BCUT2D eigenvalue weighted by molar-refractivity contribution is 7.13. The Morgan fingerprint density at radius 3 is 2.88 bits per heavy atom. The molecule has 0 aliphatic carbocycles. The molecule has 24 heavy (non-hydrogen) atoms. The summed E-state index contributed by atoms with van der Waals surface area (Å²) in [5.41, 5.74) is 1.97. The molecule has 1 aliphatic rings. The lowest BCUT2D eigenvalue weighted by Crippen LogP contribution is -2.46. The van der Waals surface area contributed by atoms with Crippen LogP contribution < -0.4 is 0 Å². The minimum absolute atomic E-state index is 0.168. The Balaban J connectivity index is 1.59. The summed E-state index contributed by atoms with van der Waals surface area (Å²) in [5.74, 6) is 0.555. The van der Waals surface area contributed by atoms with E-state index in [0.29, 0.717) is 12.3 Å². The topological polar surface area (TPSA) is 42.4 Å². The van der Waals surface area contributed by atoms with Crippen LogP contribution in [0.5, 0.6) is 0 Å². The second kappa shape index (κ2) is 7.90. The van der Waals surface area contributed by atoms with Crippen molar-refractivity contribution in [1.82, 2.24) is 9.88 Å². The fraction of sp³-hybridized carbons (Fsp3) is 0.474. The lowest BCUT2D eigenvalue weighted by atomic mass is 9.96. The van der Waals surface area contributed by atoms with Gasteiger partial charge in [0.15, 0.2) is 0 Å². The number of piperidine rings is 1. The molecule has 0 bridgehead atoms. The predicted molar refractivity (Wildman–Crippen MR) is 97.0 cm³/mol. The van der Waals surface area contributed by atoms with Crippen molar-refractivity contribution < 1.29 is 9.53 Å². The minimum Gasteiger partial charge on any atom is -0.378 e. The lowest BCUT2D eigenvalue weighted by Gasteiger charge is -2.36. The zero-order valence-corrected chi connectivity index (χ0v) is 15.1. The van der Waals surface area contributed by atoms with E-state index < -0.39 is 0 Å². The van der Waals surface area contributed by atoms with Crippen molar-refractivity contribution in [2.24, 2.45) is 5.92 Å². The molecule has 0 unspecified atom stereocenters. The van der Waals surface area contributed by atoms with Crippen LogP contribution in [0.2, 0.25) is 0 Å². The van der Waals surface area contributed by atoms with Crippen molar-refractivity contribution in [3.05, 3.63) is 41.4 Å². The molecular weight excluding hydrogens is 320 g/mol. The summed E-state index contributed by atoms with van der Waals surface area (Å²) in [5, 5.41) is 2.97. The number of hydrogen-bond donors (Lipinski definition) is 0. The molecule has 2 atom stereocenters. The van der Waals surface area contributed by atoms with Gasteiger partial charge in [0.25, 0.3) is 0 Å². The number of nitrogens with zero attached hydrogens (tertiary/aromatic N) is 2. The van der Waals surface area contributed by atoms with E-state index in [1.807, 2.05) is 47.5 Å². The third kappa shape index (κ3) is 4.02. The van der Waals surface area contributed by atoms with Crippen LogP contribution in [0.4, 0.5) is 0 Å². The van der Waals surface area contributed by atoms with Gasteiger partial charge in [-0.2, -0.15) is 0 Å². The normalized spacial score (nSPS) is 21.0. The molecule has 1 saturated heterocycles. The Morgan fingerprint density at radius 2 is 2.17 bits per heavy atom. The van der Waals surface area contributed by atoms with Crippen LogP contribution in [-0.4, -0.2) is 41.6 Å². The second-order valence-electron chi connectivity index (χ2n) is 6.29. The number of likely N-dealkylation sites (tertiary alicyclic amines) is 1. The van der Waals surface area contributed by atoms with Crippen molar-refractivity contribution in [3.63, 3.8) is 0 Å².